The average Bonchev–Trinajstić information content (AvgIpc) is 2.27. The lowest BCUT2D eigenvalue weighted by atomic mass is 10.3. The Morgan fingerprint density at radius 3 is 2.44 bits per heavy atom. The third kappa shape index (κ3) is 2.11. The van der Waals surface area contributed by atoms with Crippen LogP contribution in [0.2, 0.25) is 0 Å². The van der Waals surface area contributed by atoms with Crippen LogP contribution in [0, 0.1) is 11.6 Å². The zero-order chi connectivity index (χ0) is 11.5. The highest BCUT2D eigenvalue weighted by Crippen LogP contribution is 2.29. The van der Waals surface area contributed by atoms with Gasteiger partial charge in [0.2, 0.25) is 0 Å². The lowest BCUT2D eigenvalue weighted by Crippen LogP contribution is -1.94. The van der Waals surface area contributed by atoms with Gasteiger partial charge in [0, 0.05) is 6.07 Å². The first-order chi connectivity index (χ1) is 7.66. The molecule has 0 spiro atoms. The van der Waals surface area contributed by atoms with Gasteiger partial charge in [-0.1, -0.05) is 12.1 Å². The summed E-state index contributed by atoms with van der Waals surface area (Å²) >= 11 is 0. The number of nitrogens with two attached hydrogens (primary N) is 1. The van der Waals surface area contributed by atoms with Crippen molar-refractivity contribution in [1.82, 2.24) is 0 Å². The van der Waals surface area contributed by atoms with Gasteiger partial charge in [0.25, 0.3) is 0 Å². The van der Waals surface area contributed by atoms with Gasteiger partial charge in [0.15, 0.2) is 17.3 Å². The van der Waals surface area contributed by atoms with Crippen molar-refractivity contribution in [3.8, 4) is 11.5 Å². The number of hydrogen-bond acceptors (Lipinski definition) is 2. The van der Waals surface area contributed by atoms with Gasteiger partial charge in [-0.2, -0.15) is 0 Å². The Kier molecular flexibility index (Phi) is 2.72. The van der Waals surface area contributed by atoms with E-state index in [0.717, 1.165) is 6.07 Å². The molecule has 82 valence electrons. The fraction of sp³-hybridized carbons (Fsp3) is 0. The van der Waals surface area contributed by atoms with Crippen LogP contribution in [0.4, 0.5) is 14.5 Å². The second kappa shape index (κ2) is 4.18. The summed E-state index contributed by atoms with van der Waals surface area (Å²) in [4.78, 5) is 0. The van der Waals surface area contributed by atoms with Crippen LogP contribution in [-0.4, -0.2) is 0 Å². The van der Waals surface area contributed by atoms with E-state index in [1.165, 1.54) is 30.3 Å². The highest BCUT2D eigenvalue weighted by molar-refractivity contribution is 5.53. The predicted octanol–water partition coefficient (Wildman–Crippen LogP) is 3.34. The normalized spacial score (nSPS) is 10.1. The van der Waals surface area contributed by atoms with Gasteiger partial charge in [-0.05, 0) is 24.3 Å². The molecule has 0 saturated heterocycles. The number of nitrogen functional groups attached to an aromatic ring is 1. The Bertz CT molecular complexity index is 514. The molecule has 0 aliphatic carbocycles. The molecule has 0 fully saturated rings. The van der Waals surface area contributed by atoms with Crippen LogP contribution in [0.3, 0.4) is 0 Å². The summed E-state index contributed by atoms with van der Waals surface area (Å²) in [6.07, 6.45) is 0. The first kappa shape index (κ1) is 10.4. The maximum Gasteiger partial charge on any atom is 0.165 e. The zero-order valence-electron chi connectivity index (χ0n) is 8.28. The fourth-order valence-corrected chi connectivity index (χ4v) is 1.24. The van der Waals surface area contributed by atoms with Crippen molar-refractivity contribution in [2.45, 2.75) is 0 Å². The number of hydrogen-bond donors (Lipinski definition) is 1. The van der Waals surface area contributed by atoms with Crippen molar-refractivity contribution in [3.05, 3.63) is 54.1 Å². The fourth-order valence-electron chi connectivity index (χ4n) is 1.24. The Morgan fingerprint density at radius 1 is 0.938 bits per heavy atom. The number of ether oxygens (including phenoxy) is 1. The molecule has 2 rings (SSSR count). The maximum absolute atomic E-state index is 13.2. The quantitative estimate of drug-likeness (QED) is 0.789. The van der Waals surface area contributed by atoms with Crippen LogP contribution in [0.5, 0.6) is 11.5 Å². The molecule has 0 radical (unpaired) electrons. The molecule has 0 amide bonds. The topological polar surface area (TPSA) is 35.2 Å². The molecular formula is C12H9F2NO. The van der Waals surface area contributed by atoms with Crippen molar-refractivity contribution in [2.75, 3.05) is 5.73 Å². The third-order valence-corrected chi connectivity index (χ3v) is 2.03. The second-order valence-corrected chi connectivity index (χ2v) is 3.21. The molecule has 0 unspecified atom stereocenters. The first-order valence-corrected chi connectivity index (χ1v) is 4.64. The average molecular weight is 221 g/mol. The van der Waals surface area contributed by atoms with Gasteiger partial charge >= 0.3 is 0 Å². The van der Waals surface area contributed by atoms with E-state index in [4.69, 9.17) is 10.5 Å². The van der Waals surface area contributed by atoms with E-state index in [1.807, 2.05) is 0 Å². The van der Waals surface area contributed by atoms with E-state index in [9.17, 15) is 8.78 Å². The Balaban J connectivity index is 2.34. The zero-order valence-corrected chi connectivity index (χ0v) is 8.28. The van der Waals surface area contributed by atoms with Crippen molar-refractivity contribution in [3.63, 3.8) is 0 Å². The van der Waals surface area contributed by atoms with E-state index in [-0.39, 0.29) is 17.2 Å². The summed E-state index contributed by atoms with van der Waals surface area (Å²) in [6.45, 7) is 0. The van der Waals surface area contributed by atoms with Crippen LogP contribution in [0.15, 0.2) is 42.5 Å². The molecule has 2 N–H and O–H groups in total. The number of anilines is 1. The molecule has 0 bridgehead atoms. The van der Waals surface area contributed by atoms with Crippen LogP contribution >= 0.6 is 0 Å². The smallest absolute Gasteiger partial charge is 0.165 e. The van der Waals surface area contributed by atoms with E-state index >= 15 is 0 Å². The molecule has 2 nitrogen and oxygen atoms in total. The van der Waals surface area contributed by atoms with Gasteiger partial charge < -0.3 is 10.5 Å². The minimum atomic E-state index is -0.522. The molecule has 0 saturated carbocycles. The first-order valence-electron chi connectivity index (χ1n) is 4.64. The summed E-state index contributed by atoms with van der Waals surface area (Å²) in [6, 6.07) is 9.55. The predicted molar refractivity (Wildman–Crippen MR) is 57.3 cm³/mol. The second-order valence-electron chi connectivity index (χ2n) is 3.21. The Labute approximate surface area is 91.3 Å². The summed E-state index contributed by atoms with van der Waals surface area (Å²) in [7, 11) is 0. The van der Waals surface area contributed by atoms with Crippen molar-refractivity contribution in [2.24, 2.45) is 0 Å². The van der Waals surface area contributed by atoms with Crippen LogP contribution in [0.1, 0.15) is 0 Å². The molecule has 2 aromatic carbocycles. The van der Waals surface area contributed by atoms with Crippen LogP contribution in [0.25, 0.3) is 0 Å². The van der Waals surface area contributed by atoms with Gasteiger partial charge in [-0.25, -0.2) is 8.78 Å². The molecule has 0 aliphatic rings. The molecule has 2 aromatic rings. The van der Waals surface area contributed by atoms with E-state index in [2.05, 4.69) is 0 Å². The third-order valence-electron chi connectivity index (χ3n) is 2.03. The Hall–Kier alpha value is -2.10. The minimum Gasteiger partial charge on any atom is -0.452 e. The van der Waals surface area contributed by atoms with E-state index in [0.29, 0.717) is 0 Å². The highest BCUT2D eigenvalue weighted by atomic mass is 19.1. The van der Waals surface area contributed by atoms with Crippen molar-refractivity contribution < 1.29 is 13.5 Å². The highest BCUT2D eigenvalue weighted by Gasteiger charge is 2.07. The van der Waals surface area contributed by atoms with Gasteiger partial charge in [0.1, 0.15) is 5.82 Å². The van der Waals surface area contributed by atoms with Crippen LogP contribution in [-0.2, 0) is 0 Å². The van der Waals surface area contributed by atoms with Crippen molar-refractivity contribution >= 4 is 5.69 Å². The van der Waals surface area contributed by atoms with Gasteiger partial charge in [-0.3, -0.25) is 0 Å². The largest absolute Gasteiger partial charge is 0.452 e. The lowest BCUT2D eigenvalue weighted by molar-refractivity contribution is 0.441. The Morgan fingerprint density at radius 2 is 1.69 bits per heavy atom. The molecule has 0 heterocycles. The number of halogens is 2. The number of rotatable bonds is 2. The summed E-state index contributed by atoms with van der Waals surface area (Å²) in [5.74, 6) is -0.892. The standard InChI is InChI=1S/C12H9F2NO/c13-8-5-6-10(15)12(7-8)16-11-4-2-1-3-9(11)14/h1-7H,15H2. The van der Waals surface area contributed by atoms with Crippen LogP contribution < -0.4 is 10.5 Å². The van der Waals surface area contributed by atoms with Gasteiger partial charge in [0.05, 0.1) is 5.69 Å². The molecule has 0 aromatic heterocycles. The van der Waals surface area contributed by atoms with Crippen molar-refractivity contribution in [1.29, 1.82) is 0 Å². The molecular weight excluding hydrogens is 212 g/mol. The monoisotopic (exact) mass is 221 g/mol. The summed E-state index contributed by atoms with van der Waals surface area (Å²) < 4.78 is 31.3. The number of benzene rings is 2. The summed E-state index contributed by atoms with van der Waals surface area (Å²) in [5, 5.41) is 0. The lowest BCUT2D eigenvalue weighted by Gasteiger charge is -2.08. The van der Waals surface area contributed by atoms with Gasteiger partial charge in [-0.15, -0.1) is 0 Å². The molecule has 0 aliphatic heterocycles. The molecule has 16 heavy (non-hydrogen) atoms. The summed E-state index contributed by atoms with van der Waals surface area (Å²) in [5.41, 5.74) is 5.83. The molecule has 4 heteroatoms. The maximum atomic E-state index is 13.2. The number of para-hydroxylation sites is 1. The van der Waals surface area contributed by atoms with E-state index < -0.39 is 11.6 Å². The SMILES string of the molecule is Nc1ccc(F)cc1Oc1ccccc1F. The minimum absolute atomic E-state index is 0.0137. The van der Waals surface area contributed by atoms with E-state index in [1.54, 1.807) is 6.07 Å². The molecule has 0 atom stereocenters.